The number of amides is 1. The molecule has 4 N–H and O–H groups in total. The molecule has 6 heteroatoms. The average Bonchev–Trinajstić information content (AvgIpc) is 2.27. The minimum atomic E-state index is -0.911. The van der Waals surface area contributed by atoms with Crippen molar-refractivity contribution in [3.8, 4) is 0 Å². The molecule has 110 valence electrons. The SMILES string of the molecule is CC(C)N(CC(N)=O)CC1(O)CCC(C(=O)O)CC1. The maximum atomic E-state index is 11.0. The van der Waals surface area contributed by atoms with Gasteiger partial charge in [-0.2, -0.15) is 0 Å². The van der Waals surface area contributed by atoms with E-state index in [4.69, 9.17) is 10.8 Å². The highest BCUT2D eigenvalue weighted by Gasteiger charge is 2.37. The van der Waals surface area contributed by atoms with E-state index in [2.05, 4.69) is 0 Å². The van der Waals surface area contributed by atoms with Crippen LogP contribution in [0.2, 0.25) is 0 Å². The average molecular weight is 272 g/mol. The molecule has 1 rings (SSSR count). The van der Waals surface area contributed by atoms with Gasteiger partial charge in [0, 0.05) is 12.6 Å². The Bertz CT molecular complexity index is 336. The highest BCUT2D eigenvalue weighted by Crippen LogP contribution is 2.33. The van der Waals surface area contributed by atoms with Crippen molar-refractivity contribution in [3.63, 3.8) is 0 Å². The molecule has 0 aliphatic heterocycles. The summed E-state index contributed by atoms with van der Waals surface area (Å²) < 4.78 is 0. The number of nitrogens with two attached hydrogens (primary N) is 1. The van der Waals surface area contributed by atoms with E-state index < -0.39 is 17.5 Å². The van der Waals surface area contributed by atoms with Crippen LogP contribution in [0.5, 0.6) is 0 Å². The van der Waals surface area contributed by atoms with Gasteiger partial charge < -0.3 is 15.9 Å². The van der Waals surface area contributed by atoms with Gasteiger partial charge in [-0.1, -0.05) is 0 Å². The summed E-state index contributed by atoms with van der Waals surface area (Å²) in [5, 5.41) is 19.5. The lowest BCUT2D eigenvalue weighted by atomic mass is 9.78. The van der Waals surface area contributed by atoms with Crippen molar-refractivity contribution in [2.45, 2.75) is 51.2 Å². The molecule has 1 aliphatic rings. The quantitative estimate of drug-likeness (QED) is 0.640. The van der Waals surface area contributed by atoms with Crippen molar-refractivity contribution in [3.05, 3.63) is 0 Å². The van der Waals surface area contributed by atoms with E-state index in [0.29, 0.717) is 32.2 Å². The Kier molecular flexibility index (Phi) is 5.31. The van der Waals surface area contributed by atoms with Gasteiger partial charge in [0.25, 0.3) is 0 Å². The van der Waals surface area contributed by atoms with Crippen LogP contribution in [0.1, 0.15) is 39.5 Å². The first-order valence-corrected chi connectivity index (χ1v) is 6.71. The zero-order valence-corrected chi connectivity index (χ0v) is 11.6. The largest absolute Gasteiger partial charge is 0.481 e. The van der Waals surface area contributed by atoms with E-state index in [1.165, 1.54) is 0 Å². The Hall–Kier alpha value is -1.14. The van der Waals surface area contributed by atoms with Crippen LogP contribution >= 0.6 is 0 Å². The molecule has 6 nitrogen and oxygen atoms in total. The smallest absolute Gasteiger partial charge is 0.306 e. The number of carbonyl (C=O) groups excluding carboxylic acids is 1. The van der Waals surface area contributed by atoms with Gasteiger partial charge >= 0.3 is 5.97 Å². The molecule has 1 aliphatic carbocycles. The standard InChI is InChI=1S/C13H24N2O4/c1-9(2)15(7-11(14)16)8-13(19)5-3-10(4-6-13)12(17)18/h9-10,19H,3-8H2,1-2H3,(H2,14,16)(H,17,18). The second kappa shape index (κ2) is 6.34. The molecule has 0 heterocycles. The Labute approximate surface area is 113 Å². The molecular weight excluding hydrogens is 248 g/mol. The summed E-state index contributed by atoms with van der Waals surface area (Å²) in [4.78, 5) is 23.7. The number of hydrogen-bond donors (Lipinski definition) is 3. The van der Waals surface area contributed by atoms with Crippen LogP contribution in [0.25, 0.3) is 0 Å². The van der Waals surface area contributed by atoms with Crippen molar-refractivity contribution >= 4 is 11.9 Å². The first-order chi connectivity index (χ1) is 8.73. The number of primary amides is 1. The van der Waals surface area contributed by atoms with E-state index in [-0.39, 0.29) is 18.5 Å². The summed E-state index contributed by atoms with van der Waals surface area (Å²) in [7, 11) is 0. The van der Waals surface area contributed by atoms with E-state index >= 15 is 0 Å². The third-order valence-electron chi connectivity index (χ3n) is 3.85. The summed E-state index contributed by atoms with van der Waals surface area (Å²) >= 11 is 0. The molecule has 0 atom stereocenters. The maximum Gasteiger partial charge on any atom is 0.306 e. The molecule has 0 saturated heterocycles. The summed E-state index contributed by atoms with van der Waals surface area (Å²) in [6.45, 7) is 4.35. The minimum absolute atomic E-state index is 0.105. The van der Waals surface area contributed by atoms with Crippen LogP contribution in [0.4, 0.5) is 0 Å². The number of carbonyl (C=O) groups is 2. The van der Waals surface area contributed by atoms with Crippen molar-refractivity contribution in [2.75, 3.05) is 13.1 Å². The number of carboxylic acids is 1. The molecule has 0 unspecified atom stereocenters. The fraction of sp³-hybridized carbons (Fsp3) is 0.846. The monoisotopic (exact) mass is 272 g/mol. The first kappa shape index (κ1) is 15.9. The van der Waals surface area contributed by atoms with Gasteiger partial charge in [-0.25, -0.2) is 0 Å². The molecule has 19 heavy (non-hydrogen) atoms. The third-order valence-corrected chi connectivity index (χ3v) is 3.85. The molecule has 0 bridgehead atoms. The van der Waals surface area contributed by atoms with E-state index in [1.54, 1.807) is 0 Å². The maximum absolute atomic E-state index is 11.0. The number of nitrogens with zero attached hydrogens (tertiary/aromatic N) is 1. The molecular formula is C13H24N2O4. The summed E-state index contributed by atoms with van der Waals surface area (Å²) in [5.74, 6) is -1.57. The van der Waals surface area contributed by atoms with Gasteiger partial charge in [-0.3, -0.25) is 14.5 Å². The highest BCUT2D eigenvalue weighted by atomic mass is 16.4. The Morgan fingerprint density at radius 1 is 1.37 bits per heavy atom. The fourth-order valence-electron chi connectivity index (χ4n) is 2.56. The molecule has 1 saturated carbocycles. The van der Waals surface area contributed by atoms with Crippen LogP contribution in [0.15, 0.2) is 0 Å². The van der Waals surface area contributed by atoms with Gasteiger partial charge in [0.15, 0.2) is 0 Å². The number of aliphatic carboxylic acids is 1. The lowest BCUT2D eigenvalue weighted by molar-refractivity contribution is -0.145. The predicted octanol–water partition coefficient (Wildman–Crippen LogP) is 0.188. The molecule has 0 aromatic heterocycles. The molecule has 0 spiro atoms. The van der Waals surface area contributed by atoms with Crippen molar-refractivity contribution in [2.24, 2.45) is 11.7 Å². The molecule has 1 fully saturated rings. The van der Waals surface area contributed by atoms with E-state index in [9.17, 15) is 14.7 Å². The normalized spacial score (nSPS) is 27.7. The molecule has 0 aromatic rings. The fourth-order valence-corrected chi connectivity index (χ4v) is 2.56. The van der Waals surface area contributed by atoms with Gasteiger partial charge in [0.2, 0.25) is 5.91 Å². The van der Waals surface area contributed by atoms with Gasteiger partial charge in [0.1, 0.15) is 0 Å². The van der Waals surface area contributed by atoms with E-state index in [0.717, 1.165) is 0 Å². The Balaban J connectivity index is 2.59. The highest BCUT2D eigenvalue weighted by molar-refractivity contribution is 5.76. The van der Waals surface area contributed by atoms with Crippen molar-refractivity contribution in [1.82, 2.24) is 4.90 Å². The lowest BCUT2D eigenvalue weighted by Crippen LogP contribution is -2.50. The number of carboxylic acid groups (broad SMARTS) is 1. The van der Waals surface area contributed by atoms with Crippen LogP contribution in [0, 0.1) is 5.92 Å². The first-order valence-electron chi connectivity index (χ1n) is 6.71. The Morgan fingerprint density at radius 3 is 2.26 bits per heavy atom. The van der Waals surface area contributed by atoms with Crippen LogP contribution < -0.4 is 5.73 Å². The van der Waals surface area contributed by atoms with Crippen LogP contribution in [-0.4, -0.2) is 51.7 Å². The number of rotatable bonds is 6. The zero-order chi connectivity index (χ0) is 14.6. The summed E-state index contributed by atoms with van der Waals surface area (Å²) in [6, 6.07) is 0.105. The second-order valence-electron chi connectivity index (χ2n) is 5.80. The second-order valence-corrected chi connectivity index (χ2v) is 5.80. The summed E-state index contributed by atoms with van der Waals surface area (Å²) in [5.41, 5.74) is 4.29. The van der Waals surface area contributed by atoms with Crippen LogP contribution in [-0.2, 0) is 9.59 Å². The summed E-state index contributed by atoms with van der Waals surface area (Å²) in [6.07, 6.45) is 1.86. The molecule has 0 aromatic carbocycles. The Morgan fingerprint density at radius 2 is 1.89 bits per heavy atom. The third kappa shape index (κ3) is 4.80. The lowest BCUT2D eigenvalue weighted by Gasteiger charge is -2.39. The van der Waals surface area contributed by atoms with Gasteiger partial charge in [-0.15, -0.1) is 0 Å². The van der Waals surface area contributed by atoms with Gasteiger partial charge in [0.05, 0.1) is 18.1 Å². The van der Waals surface area contributed by atoms with Crippen molar-refractivity contribution < 1.29 is 19.8 Å². The van der Waals surface area contributed by atoms with Crippen LogP contribution in [0.3, 0.4) is 0 Å². The zero-order valence-electron chi connectivity index (χ0n) is 11.6. The topological polar surface area (TPSA) is 104 Å². The number of hydrogen-bond acceptors (Lipinski definition) is 4. The predicted molar refractivity (Wildman–Crippen MR) is 70.4 cm³/mol. The van der Waals surface area contributed by atoms with E-state index in [1.807, 2.05) is 18.7 Å². The van der Waals surface area contributed by atoms with Gasteiger partial charge in [-0.05, 0) is 39.5 Å². The minimum Gasteiger partial charge on any atom is -0.481 e. The number of aliphatic hydroxyl groups is 1. The van der Waals surface area contributed by atoms with Crippen molar-refractivity contribution in [1.29, 1.82) is 0 Å². The molecule has 1 amide bonds. The molecule has 0 radical (unpaired) electrons.